The fourth-order valence-electron chi connectivity index (χ4n) is 3.93. The second kappa shape index (κ2) is 10.1. The minimum absolute atomic E-state index is 0.203. The fourth-order valence-corrected chi connectivity index (χ4v) is 5.00. The lowest BCUT2D eigenvalue weighted by molar-refractivity contribution is -0.121. The first kappa shape index (κ1) is 30.5. The highest BCUT2D eigenvalue weighted by Gasteiger charge is 2.47. The molecule has 18 heteroatoms. The van der Waals surface area contributed by atoms with Crippen LogP contribution in [0.4, 0.5) is 37.7 Å². The number of imide groups is 2. The maximum absolute atomic E-state index is 15.8. The molecular weight excluding hydrogens is 683 g/mol. The Morgan fingerprint density at radius 3 is 0.925 bits per heavy atom. The third kappa shape index (κ3) is 4.64. The van der Waals surface area contributed by atoms with Crippen LogP contribution >= 0.6 is 69.6 Å². The van der Waals surface area contributed by atoms with E-state index in [1.807, 2.05) is 0 Å². The van der Waals surface area contributed by atoms with Gasteiger partial charge in [-0.05, 0) is 0 Å². The number of carbonyl (C=O) groups excluding carboxylic acids is 4. The van der Waals surface area contributed by atoms with Crippen molar-refractivity contribution in [1.82, 2.24) is 0 Å². The van der Waals surface area contributed by atoms with Crippen LogP contribution in [0.15, 0.2) is 24.3 Å². The lowest BCUT2D eigenvalue weighted by Gasteiger charge is -2.28. The molecule has 0 aromatic heterocycles. The molecular formula is C22H4Cl6F6N2O4. The summed E-state index contributed by atoms with van der Waals surface area (Å²) in [6, 6.07) is 0. The summed E-state index contributed by atoms with van der Waals surface area (Å²) in [5.41, 5.74) is -10.5. The van der Waals surface area contributed by atoms with Crippen LogP contribution < -0.4 is 9.80 Å². The number of hydrogen-bond acceptors (Lipinski definition) is 4. The number of halogens is 12. The van der Waals surface area contributed by atoms with Crippen molar-refractivity contribution in [1.29, 1.82) is 0 Å². The van der Waals surface area contributed by atoms with Gasteiger partial charge in [0, 0.05) is 35.4 Å². The quantitative estimate of drug-likeness (QED) is 0.156. The molecule has 6 nitrogen and oxygen atoms in total. The summed E-state index contributed by atoms with van der Waals surface area (Å²) >= 11 is 34.5. The van der Waals surface area contributed by atoms with E-state index < -0.39 is 99.7 Å². The molecule has 2 heterocycles. The molecule has 0 bridgehead atoms. The number of amides is 4. The minimum atomic E-state index is -3.24. The van der Waals surface area contributed by atoms with E-state index >= 15 is 26.3 Å². The molecule has 0 radical (unpaired) electrons. The highest BCUT2D eigenvalue weighted by molar-refractivity contribution is 6.68. The largest absolute Gasteiger partial charge is 0.269 e. The molecule has 4 rings (SSSR count). The molecule has 0 aliphatic carbocycles. The van der Waals surface area contributed by atoms with E-state index in [9.17, 15) is 19.2 Å². The SMILES string of the molecule is O=C1C=CC(=O)N1c1c(F)c(F)c(-c2c(F)c(F)c(N3C(=O)C=CC3=O)c(F)c2C(Cl)(Cl)Cl)c(C(Cl)(Cl)Cl)c1F. The van der Waals surface area contributed by atoms with E-state index in [0.29, 0.717) is 24.3 Å². The molecule has 2 aliphatic heterocycles. The van der Waals surface area contributed by atoms with E-state index in [-0.39, 0.29) is 9.80 Å². The zero-order valence-electron chi connectivity index (χ0n) is 18.4. The second-order valence-corrected chi connectivity index (χ2v) is 12.3. The van der Waals surface area contributed by atoms with Crippen molar-refractivity contribution in [2.75, 3.05) is 9.80 Å². The van der Waals surface area contributed by atoms with Crippen molar-refractivity contribution in [2.45, 2.75) is 7.59 Å². The Hall–Kier alpha value is -2.48. The zero-order chi connectivity index (χ0) is 30.2. The van der Waals surface area contributed by atoms with Gasteiger partial charge in [-0.2, -0.15) is 0 Å². The monoisotopic (exact) mass is 684 g/mol. The summed E-state index contributed by atoms with van der Waals surface area (Å²) in [4.78, 5) is 47.8. The number of rotatable bonds is 3. The maximum Gasteiger partial charge on any atom is 0.258 e. The van der Waals surface area contributed by atoms with E-state index in [1.54, 1.807) is 0 Å². The van der Waals surface area contributed by atoms with Crippen molar-refractivity contribution in [3.05, 3.63) is 70.3 Å². The molecule has 40 heavy (non-hydrogen) atoms. The van der Waals surface area contributed by atoms with Crippen molar-refractivity contribution >= 4 is 105 Å². The summed E-state index contributed by atoms with van der Waals surface area (Å²) in [7, 11) is 0. The summed E-state index contributed by atoms with van der Waals surface area (Å²) in [6.07, 6.45) is 2.23. The van der Waals surface area contributed by atoms with Crippen LogP contribution in [0.2, 0.25) is 0 Å². The van der Waals surface area contributed by atoms with Crippen LogP contribution in [-0.4, -0.2) is 23.6 Å². The molecule has 0 saturated heterocycles. The number of benzene rings is 2. The van der Waals surface area contributed by atoms with Gasteiger partial charge in [-0.3, -0.25) is 19.2 Å². The Morgan fingerprint density at radius 1 is 0.450 bits per heavy atom. The summed E-state index contributed by atoms with van der Waals surface area (Å²) in [5, 5.41) is 0. The highest BCUT2D eigenvalue weighted by Crippen LogP contribution is 2.55. The lowest BCUT2D eigenvalue weighted by Crippen LogP contribution is -2.33. The van der Waals surface area contributed by atoms with Gasteiger partial charge < -0.3 is 0 Å². The highest BCUT2D eigenvalue weighted by atomic mass is 35.6. The number of anilines is 2. The van der Waals surface area contributed by atoms with Crippen LogP contribution in [0.25, 0.3) is 11.1 Å². The zero-order valence-corrected chi connectivity index (χ0v) is 22.9. The smallest absolute Gasteiger partial charge is 0.258 e. The van der Waals surface area contributed by atoms with Crippen molar-refractivity contribution in [2.24, 2.45) is 0 Å². The molecule has 0 atom stereocenters. The van der Waals surface area contributed by atoms with Gasteiger partial charge in [0.1, 0.15) is 11.4 Å². The Labute approximate surface area is 248 Å². The molecule has 210 valence electrons. The van der Waals surface area contributed by atoms with Gasteiger partial charge in [0.05, 0.1) is 11.1 Å². The average molecular weight is 687 g/mol. The average Bonchev–Trinajstić information content (AvgIpc) is 3.33. The van der Waals surface area contributed by atoms with E-state index in [4.69, 9.17) is 69.6 Å². The first-order valence-corrected chi connectivity index (χ1v) is 12.3. The fraction of sp³-hybridized carbons (Fsp3) is 0.0909. The molecule has 0 spiro atoms. The van der Waals surface area contributed by atoms with E-state index in [2.05, 4.69) is 0 Å². The van der Waals surface area contributed by atoms with E-state index in [0.717, 1.165) is 0 Å². The van der Waals surface area contributed by atoms with Gasteiger partial charge >= 0.3 is 0 Å². The van der Waals surface area contributed by atoms with Crippen LogP contribution in [-0.2, 0) is 26.8 Å². The van der Waals surface area contributed by atoms with Gasteiger partial charge in [-0.25, -0.2) is 36.1 Å². The Balaban J connectivity index is 2.21. The van der Waals surface area contributed by atoms with Gasteiger partial charge in [0.2, 0.25) is 7.59 Å². The molecule has 2 aromatic rings. The van der Waals surface area contributed by atoms with Crippen LogP contribution in [0.5, 0.6) is 0 Å². The molecule has 0 N–H and O–H groups in total. The Bertz CT molecular complexity index is 1480. The van der Waals surface area contributed by atoms with Crippen LogP contribution in [0.3, 0.4) is 0 Å². The first-order valence-electron chi connectivity index (χ1n) is 10.00. The third-order valence-corrected chi connectivity index (χ3v) is 6.61. The predicted molar refractivity (Wildman–Crippen MR) is 133 cm³/mol. The topological polar surface area (TPSA) is 74.8 Å². The number of alkyl halides is 6. The number of nitrogens with zero attached hydrogens (tertiary/aromatic N) is 2. The molecule has 2 aliphatic rings. The number of carbonyl (C=O) groups is 4. The van der Waals surface area contributed by atoms with Gasteiger partial charge in [0.25, 0.3) is 23.6 Å². The van der Waals surface area contributed by atoms with Gasteiger partial charge in [-0.1, -0.05) is 69.6 Å². The van der Waals surface area contributed by atoms with Crippen molar-refractivity contribution < 1.29 is 45.5 Å². The lowest BCUT2D eigenvalue weighted by atomic mass is 9.92. The maximum atomic E-state index is 15.8. The molecule has 0 fully saturated rings. The summed E-state index contributed by atoms with van der Waals surface area (Å²) in [5.74, 6) is -19.4. The summed E-state index contributed by atoms with van der Waals surface area (Å²) < 4.78 is 87.2. The molecule has 0 unspecified atom stereocenters. The first-order chi connectivity index (χ1) is 18.3. The van der Waals surface area contributed by atoms with Crippen LogP contribution in [0, 0.1) is 34.9 Å². The number of hydrogen-bond donors (Lipinski definition) is 0. The third-order valence-electron chi connectivity index (χ3n) is 5.48. The minimum Gasteiger partial charge on any atom is -0.269 e. The van der Waals surface area contributed by atoms with Crippen molar-refractivity contribution in [3.8, 4) is 11.1 Å². The molecule has 4 amide bonds. The van der Waals surface area contributed by atoms with Crippen molar-refractivity contribution in [3.63, 3.8) is 0 Å². The Kier molecular flexibility index (Phi) is 7.70. The normalized spacial score (nSPS) is 15.9. The second-order valence-electron chi connectivity index (χ2n) is 7.77. The predicted octanol–water partition coefficient (Wildman–Crippen LogP) is 6.70. The standard InChI is InChI=1S/C22H4Cl6F6N2O4/c23-21(24,25)11-9(13(29)17(33)19(15(11)31)35-5(37)1-2-6(35)38)10-12(22(26,27)28)16(32)20(18(34)14(10)30)36-7(39)3-4-8(36)40/h1-4H. The van der Waals surface area contributed by atoms with E-state index in [1.165, 1.54) is 0 Å². The van der Waals surface area contributed by atoms with Crippen LogP contribution in [0.1, 0.15) is 11.1 Å². The molecule has 2 aromatic carbocycles. The summed E-state index contributed by atoms with van der Waals surface area (Å²) in [6.45, 7) is 0. The Morgan fingerprint density at radius 2 is 0.700 bits per heavy atom. The van der Waals surface area contributed by atoms with Gasteiger partial charge in [-0.15, -0.1) is 0 Å². The van der Waals surface area contributed by atoms with Gasteiger partial charge in [0.15, 0.2) is 34.9 Å². The molecule has 0 saturated carbocycles.